The first-order valence-corrected chi connectivity index (χ1v) is 8.97. The number of hydrogen-bond donors (Lipinski definition) is 4. The van der Waals surface area contributed by atoms with Crippen LogP contribution in [0.3, 0.4) is 0 Å². The lowest BCUT2D eigenvalue weighted by atomic mass is 9.98. The van der Waals surface area contributed by atoms with Crippen LogP contribution in [0.2, 0.25) is 0 Å². The fraction of sp³-hybridized carbons (Fsp3) is 0.368. The quantitative estimate of drug-likeness (QED) is 0.594. The van der Waals surface area contributed by atoms with E-state index < -0.39 is 0 Å². The summed E-state index contributed by atoms with van der Waals surface area (Å²) in [5.41, 5.74) is 7.41. The van der Waals surface area contributed by atoms with Gasteiger partial charge in [0, 0.05) is 26.2 Å². The molecule has 2 heterocycles. The van der Waals surface area contributed by atoms with Gasteiger partial charge in [-0.15, -0.1) is 0 Å². The SMILES string of the molecule is C1=CC2=C3C=CC(=NC4NCCN4)C=C3CC2=CC1=NC1NCCN1. The summed E-state index contributed by atoms with van der Waals surface area (Å²) in [5.74, 6) is 0. The van der Waals surface area contributed by atoms with E-state index in [-0.39, 0.29) is 12.6 Å². The Morgan fingerprint density at radius 3 is 1.52 bits per heavy atom. The zero-order valence-corrected chi connectivity index (χ0v) is 14.0. The molecule has 0 radical (unpaired) electrons. The summed E-state index contributed by atoms with van der Waals surface area (Å²) in [7, 11) is 0. The molecule has 5 rings (SSSR count). The first-order valence-electron chi connectivity index (χ1n) is 8.97. The van der Waals surface area contributed by atoms with E-state index in [1.165, 1.54) is 22.3 Å². The van der Waals surface area contributed by atoms with Gasteiger partial charge in [0.2, 0.25) is 0 Å². The van der Waals surface area contributed by atoms with Gasteiger partial charge in [0.15, 0.2) is 12.6 Å². The molecule has 3 aliphatic carbocycles. The molecule has 0 saturated carbocycles. The van der Waals surface area contributed by atoms with Crippen LogP contribution in [-0.2, 0) is 0 Å². The number of aliphatic imine (C=N–C) groups is 2. The maximum Gasteiger partial charge on any atom is 0.154 e. The molecule has 0 aromatic carbocycles. The van der Waals surface area contributed by atoms with Gasteiger partial charge in [-0.25, -0.2) is 0 Å². The van der Waals surface area contributed by atoms with Crippen LogP contribution < -0.4 is 21.3 Å². The van der Waals surface area contributed by atoms with Gasteiger partial charge in [-0.2, -0.15) is 0 Å². The van der Waals surface area contributed by atoms with Crippen LogP contribution >= 0.6 is 0 Å². The first-order chi connectivity index (χ1) is 12.3. The molecular weight excluding hydrogens is 312 g/mol. The Morgan fingerprint density at radius 1 is 0.640 bits per heavy atom. The van der Waals surface area contributed by atoms with Crippen molar-refractivity contribution in [3.8, 4) is 0 Å². The third kappa shape index (κ3) is 2.98. The van der Waals surface area contributed by atoms with Gasteiger partial charge in [-0.3, -0.25) is 31.3 Å². The van der Waals surface area contributed by atoms with Crippen LogP contribution in [0.4, 0.5) is 0 Å². The molecule has 2 aliphatic heterocycles. The number of fused-ring (bicyclic) bond motifs is 2. The zero-order valence-electron chi connectivity index (χ0n) is 14.0. The Balaban J connectivity index is 1.40. The van der Waals surface area contributed by atoms with E-state index >= 15 is 0 Å². The molecular formula is C19H22N6. The Morgan fingerprint density at radius 2 is 1.08 bits per heavy atom. The van der Waals surface area contributed by atoms with Crippen molar-refractivity contribution in [3.05, 3.63) is 58.7 Å². The minimum absolute atomic E-state index is 0.0404. The average Bonchev–Trinajstić information content (AvgIpc) is 3.35. The summed E-state index contributed by atoms with van der Waals surface area (Å²) in [6, 6.07) is 0. The molecule has 5 aliphatic rings. The van der Waals surface area contributed by atoms with Gasteiger partial charge in [0.25, 0.3) is 0 Å². The molecule has 0 aromatic rings. The van der Waals surface area contributed by atoms with Crippen molar-refractivity contribution in [3.63, 3.8) is 0 Å². The standard InChI is InChI=1S/C19H22N6/c1-3-16-12(10-14(1)24-18-20-5-6-21-18)9-13-11-15(2-4-17(13)16)25-19-22-7-8-23-19/h1-4,10-11,18-23H,5-9H2. The molecule has 0 aromatic heterocycles. The van der Waals surface area contributed by atoms with Crippen LogP contribution in [0, 0.1) is 0 Å². The zero-order chi connectivity index (χ0) is 16.6. The summed E-state index contributed by atoms with van der Waals surface area (Å²) in [4.78, 5) is 9.45. The van der Waals surface area contributed by atoms with Gasteiger partial charge in [0.05, 0.1) is 11.4 Å². The molecule has 6 heteroatoms. The lowest BCUT2D eigenvalue weighted by Gasteiger charge is -2.11. The summed E-state index contributed by atoms with van der Waals surface area (Å²) < 4.78 is 0. The molecule has 6 nitrogen and oxygen atoms in total. The Labute approximate surface area is 147 Å². The van der Waals surface area contributed by atoms with Crippen LogP contribution in [0.5, 0.6) is 0 Å². The maximum atomic E-state index is 4.73. The normalized spacial score (nSPS) is 29.6. The summed E-state index contributed by atoms with van der Waals surface area (Å²) in [6.07, 6.45) is 14.1. The number of hydrogen-bond acceptors (Lipinski definition) is 6. The van der Waals surface area contributed by atoms with E-state index in [2.05, 4.69) is 57.7 Å². The van der Waals surface area contributed by atoms with E-state index in [9.17, 15) is 0 Å². The van der Waals surface area contributed by atoms with E-state index in [0.29, 0.717) is 0 Å². The second-order valence-corrected chi connectivity index (χ2v) is 6.74. The molecule has 25 heavy (non-hydrogen) atoms. The van der Waals surface area contributed by atoms with Crippen molar-refractivity contribution in [2.24, 2.45) is 9.98 Å². The first kappa shape index (κ1) is 15.2. The predicted molar refractivity (Wildman–Crippen MR) is 101 cm³/mol. The van der Waals surface area contributed by atoms with Crippen LogP contribution in [-0.4, -0.2) is 50.2 Å². The molecule has 0 bridgehead atoms. The second-order valence-electron chi connectivity index (χ2n) is 6.74. The highest BCUT2D eigenvalue weighted by Gasteiger charge is 2.26. The van der Waals surface area contributed by atoms with Gasteiger partial charge in [-0.05, 0) is 53.0 Å². The van der Waals surface area contributed by atoms with E-state index in [1.807, 2.05) is 0 Å². The minimum Gasteiger partial charge on any atom is -0.282 e. The van der Waals surface area contributed by atoms with Crippen molar-refractivity contribution >= 4 is 11.4 Å². The highest BCUT2D eigenvalue weighted by atomic mass is 15.3. The molecule has 2 fully saturated rings. The van der Waals surface area contributed by atoms with Crippen LogP contribution in [0.15, 0.2) is 68.7 Å². The molecule has 0 spiro atoms. The van der Waals surface area contributed by atoms with Crippen molar-refractivity contribution in [2.45, 2.75) is 19.0 Å². The number of nitrogens with zero attached hydrogens (tertiary/aromatic N) is 2. The molecule has 4 N–H and O–H groups in total. The number of rotatable bonds is 2. The highest BCUT2D eigenvalue weighted by molar-refractivity contribution is 6.10. The largest absolute Gasteiger partial charge is 0.282 e. The van der Waals surface area contributed by atoms with E-state index in [1.54, 1.807) is 0 Å². The van der Waals surface area contributed by atoms with Crippen molar-refractivity contribution in [1.82, 2.24) is 21.3 Å². The second kappa shape index (κ2) is 6.31. The summed E-state index contributed by atoms with van der Waals surface area (Å²) >= 11 is 0. The third-order valence-electron chi connectivity index (χ3n) is 5.01. The summed E-state index contributed by atoms with van der Waals surface area (Å²) in [5, 5.41) is 13.3. The fourth-order valence-corrected chi connectivity index (χ4v) is 3.80. The van der Waals surface area contributed by atoms with Gasteiger partial charge in [0.1, 0.15) is 0 Å². The maximum absolute atomic E-state index is 4.73. The average molecular weight is 334 g/mol. The van der Waals surface area contributed by atoms with E-state index in [0.717, 1.165) is 44.0 Å². The minimum atomic E-state index is 0.0404. The number of allylic oxidation sites excluding steroid dienone is 10. The monoisotopic (exact) mass is 334 g/mol. The lowest BCUT2D eigenvalue weighted by molar-refractivity contribution is 0.582. The topological polar surface area (TPSA) is 72.8 Å². The molecule has 2 saturated heterocycles. The fourth-order valence-electron chi connectivity index (χ4n) is 3.80. The molecule has 0 amide bonds. The Bertz CT molecular complexity index is 730. The molecule has 0 atom stereocenters. The highest BCUT2D eigenvalue weighted by Crippen LogP contribution is 2.40. The smallest absolute Gasteiger partial charge is 0.154 e. The lowest BCUT2D eigenvalue weighted by Crippen LogP contribution is -2.29. The summed E-state index contributed by atoms with van der Waals surface area (Å²) in [6.45, 7) is 3.89. The Kier molecular flexibility index (Phi) is 3.83. The van der Waals surface area contributed by atoms with Gasteiger partial charge < -0.3 is 0 Å². The van der Waals surface area contributed by atoms with E-state index in [4.69, 9.17) is 9.98 Å². The van der Waals surface area contributed by atoms with Gasteiger partial charge >= 0.3 is 0 Å². The third-order valence-corrected chi connectivity index (χ3v) is 5.01. The van der Waals surface area contributed by atoms with Crippen molar-refractivity contribution in [2.75, 3.05) is 26.2 Å². The molecule has 0 unspecified atom stereocenters. The Hall–Kier alpha value is -2.12. The molecule has 128 valence electrons. The number of nitrogens with one attached hydrogen (secondary N) is 4. The van der Waals surface area contributed by atoms with Gasteiger partial charge in [-0.1, -0.05) is 12.2 Å². The van der Waals surface area contributed by atoms with Crippen LogP contribution in [0.1, 0.15) is 6.42 Å². The predicted octanol–water partition coefficient (Wildman–Crippen LogP) is 0.514. The van der Waals surface area contributed by atoms with Crippen molar-refractivity contribution in [1.29, 1.82) is 0 Å². The van der Waals surface area contributed by atoms with Crippen LogP contribution in [0.25, 0.3) is 0 Å². The van der Waals surface area contributed by atoms with Crippen molar-refractivity contribution < 1.29 is 0 Å².